The van der Waals surface area contributed by atoms with Crippen molar-refractivity contribution in [3.8, 4) is 11.5 Å². The van der Waals surface area contributed by atoms with Crippen molar-refractivity contribution in [1.82, 2.24) is 15.1 Å². The summed E-state index contributed by atoms with van der Waals surface area (Å²) >= 11 is 0. The zero-order chi connectivity index (χ0) is 16.9. The molecule has 5 nitrogen and oxygen atoms in total. The quantitative estimate of drug-likeness (QED) is 0.724. The van der Waals surface area contributed by atoms with E-state index >= 15 is 0 Å². The number of hydrogen-bond acceptors (Lipinski definition) is 4. The van der Waals surface area contributed by atoms with Gasteiger partial charge in [0.05, 0.1) is 13.0 Å². The minimum atomic E-state index is 0.0104. The summed E-state index contributed by atoms with van der Waals surface area (Å²) in [7, 11) is 1.74. The maximum Gasteiger partial charge on any atom is 0.247 e. The van der Waals surface area contributed by atoms with Gasteiger partial charge in [-0.1, -0.05) is 48.0 Å². The van der Waals surface area contributed by atoms with Gasteiger partial charge in [-0.2, -0.15) is 0 Å². The Morgan fingerprint density at radius 1 is 1.04 bits per heavy atom. The predicted octanol–water partition coefficient (Wildman–Crippen LogP) is 3.25. The molecule has 0 aliphatic carbocycles. The van der Waals surface area contributed by atoms with E-state index in [0.717, 1.165) is 11.1 Å². The average molecular weight is 321 g/mol. The molecule has 0 fully saturated rings. The molecule has 0 unspecified atom stereocenters. The molecule has 0 saturated heterocycles. The molecule has 0 aliphatic rings. The van der Waals surface area contributed by atoms with E-state index in [1.807, 2.05) is 61.5 Å². The Kier molecular flexibility index (Phi) is 4.70. The topological polar surface area (TPSA) is 59.2 Å². The van der Waals surface area contributed by atoms with Crippen molar-refractivity contribution >= 4 is 5.91 Å². The second kappa shape index (κ2) is 7.08. The van der Waals surface area contributed by atoms with Crippen LogP contribution in [-0.4, -0.2) is 28.1 Å². The lowest BCUT2D eigenvalue weighted by molar-refractivity contribution is -0.130. The maximum absolute atomic E-state index is 12.3. The van der Waals surface area contributed by atoms with Crippen molar-refractivity contribution in [3.05, 3.63) is 71.6 Å². The first kappa shape index (κ1) is 15.9. The Morgan fingerprint density at radius 2 is 1.75 bits per heavy atom. The Balaban J connectivity index is 1.63. The Hall–Kier alpha value is -2.95. The lowest BCUT2D eigenvalue weighted by atomic mass is 10.1. The number of hydrogen-bond donors (Lipinski definition) is 0. The zero-order valence-electron chi connectivity index (χ0n) is 13.8. The van der Waals surface area contributed by atoms with Gasteiger partial charge in [-0.25, -0.2) is 0 Å². The summed E-state index contributed by atoms with van der Waals surface area (Å²) < 4.78 is 5.66. The minimum absolute atomic E-state index is 0.0104. The fourth-order valence-corrected chi connectivity index (χ4v) is 2.33. The van der Waals surface area contributed by atoms with Gasteiger partial charge in [0.15, 0.2) is 0 Å². The van der Waals surface area contributed by atoms with Gasteiger partial charge in [0, 0.05) is 12.6 Å². The van der Waals surface area contributed by atoms with Crippen LogP contribution in [0.15, 0.2) is 59.0 Å². The molecule has 0 radical (unpaired) electrons. The standard InChI is InChI=1S/C19H19N3O2/c1-14-8-10-16(11-9-14)19-21-20-17(24-19)13-22(2)18(23)12-15-6-4-3-5-7-15/h3-11H,12-13H2,1-2H3. The van der Waals surface area contributed by atoms with E-state index in [1.54, 1.807) is 11.9 Å². The summed E-state index contributed by atoms with van der Waals surface area (Å²) in [5.41, 5.74) is 3.03. The normalized spacial score (nSPS) is 10.6. The number of carbonyl (C=O) groups excluding carboxylic acids is 1. The van der Waals surface area contributed by atoms with Crippen LogP contribution in [0.4, 0.5) is 0 Å². The van der Waals surface area contributed by atoms with Gasteiger partial charge in [0.25, 0.3) is 0 Å². The van der Waals surface area contributed by atoms with E-state index in [9.17, 15) is 4.79 Å². The SMILES string of the molecule is Cc1ccc(-c2nnc(CN(C)C(=O)Cc3ccccc3)o2)cc1. The molecule has 0 aliphatic heterocycles. The van der Waals surface area contributed by atoms with Crippen molar-refractivity contribution in [1.29, 1.82) is 0 Å². The molecule has 122 valence electrons. The summed E-state index contributed by atoms with van der Waals surface area (Å²) in [6.07, 6.45) is 0.357. The number of benzene rings is 2. The van der Waals surface area contributed by atoms with Crippen LogP contribution in [0.1, 0.15) is 17.0 Å². The molecule has 0 saturated carbocycles. The fourth-order valence-electron chi connectivity index (χ4n) is 2.33. The van der Waals surface area contributed by atoms with E-state index in [2.05, 4.69) is 10.2 Å². The molecule has 1 aromatic heterocycles. The molecule has 0 atom stereocenters. The molecule has 1 amide bonds. The molecule has 0 bridgehead atoms. The third-order valence-electron chi connectivity index (χ3n) is 3.76. The first-order valence-corrected chi connectivity index (χ1v) is 7.79. The number of aromatic nitrogens is 2. The molecule has 0 N–H and O–H groups in total. The van der Waals surface area contributed by atoms with Crippen LogP contribution in [0.5, 0.6) is 0 Å². The molecule has 0 spiro atoms. The van der Waals surface area contributed by atoms with Gasteiger partial charge in [-0.05, 0) is 24.6 Å². The molecule has 3 rings (SSSR count). The third-order valence-corrected chi connectivity index (χ3v) is 3.76. The first-order valence-electron chi connectivity index (χ1n) is 7.79. The maximum atomic E-state index is 12.3. The molecular weight excluding hydrogens is 302 g/mol. The number of carbonyl (C=O) groups is 1. The summed E-state index contributed by atoms with van der Waals surface area (Å²) in [4.78, 5) is 13.9. The average Bonchev–Trinajstić information content (AvgIpc) is 3.05. The van der Waals surface area contributed by atoms with Crippen molar-refractivity contribution in [2.45, 2.75) is 19.9 Å². The smallest absolute Gasteiger partial charge is 0.247 e. The summed E-state index contributed by atoms with van der Waals surface area (Å²) in [6.45, 7) is 2.32. The third kappa shape index (κ3) is 3.87. The lowest BCUT2D eigenvalue weighted by Gasteiger charge is -2.14. The zero-order valence-corrected chi connectivity index (χ0v) is 13.8. The Bertz CT molecular complexity index is 810. The highest BCUT2D eigenvalue weighted by atomic mass is 16.4. The van der Waals surface area contributed by atoms with E-state index in [4.69, 9.17) is 4.42 Å². The first-order chi connectivity index (χ1) is 11.6. The molecular formula is C19H19N3O2. The predicted molar refractivity (Wildman–Crippen MR) is 91.1 cm³/mol. The van der Waals surface area contributed by atoms with Gasteiger partial charge >= 0.3 is 0 Å². The molecule has 1 heterocycles. The van der Waals surface area contributed by atoms with Gasteiger partial charge in [0.2, 0.25) is 17.7 Å². The molecule has 3 aromatic rings. The number of amides is 1. The number of aryl methyl sites for hydroxylation is 1. The number of likely N-dealkylation sites (N-methyl/N-ethyl adjacent to an activating group) is 1. The summed E-state index contributed by atoms with van der Waals surface area (Å²) in [6, 6.07) is 17.5. The molecule has 2 aromatic carbocycles. The highest BCUT2D eigenvalue weighted by Crippen LogP contribution is 2.18. The van der Waals surface area contributed by atoms with Gasteiger partial charge in [0.1, 0.15) is 0 Å². The Labute approximate surface area is 140 Å². The van der Waals surface area contributed by atoms with Gasteiger partial charge < -0.3 is 9.32 Å². The van der Waals surface area contributed by atoms with Crippen molar-refractivity contribution in [2.24, 2.45) is 0 Å². The van der Waals surface area contributed by atoms with Crippen molar-refractivity contribution in [2.75, 3.05) is 7.05 Å². The highest BCUT2D eigenvalue weighted by Gasteiger charge is 2.14. The van der Waals surface area contributed by atoms with Crippen LogP contribution >= 0.6 is 0 Å². The van der Waals surface area contributed by atoms with Crippen LogP contribution < -0.4 is 0 Å². The largest absolute Gasteiger partial charge is 0.419 e. The van der Waals surface area contributed by atoms with Crippen molar-refractivity contribution in [3.63, 3.8) is 0 Å². The Morgan fingerprint density at radius 3 is 2.46 bits per heavy atom. The fraction of sp³-hybridized carbons (Fsp3) is 0.211. The van der Waals surface area contributed by atoms with Crippen LogP contribution in [0.2, 0.25) is 0 Å². The van der Waals surface area contributed by atoms with Crippen LogP contribution in [0.25, 0.3) is 11.5 Å². The minimum Gasteiger partial charge on any atom is -0.419 e. The van der Waals surface area contributed by atoms with Crippen LogP contribution in [0, 0.1) is 6.92 Å². The van der Waals surface area contributed by atoms with Crippen molar-refractivity contribution < 1.29 is 9.21 Å². The second-order valence-electron chi connectivity index (χ2n) is 5.78. The van der Waals surface area contributed by atoms with Gasteiger partial charge in [-0.15, -0.1) is 10.2 Å². The number of rotatable bonds is 5. The second-order valence-corrected chi connectivity index (χ2v) is 5.78. The van der Waals surface area contributed by atoms with Gasteiger partial charge in [-0.3, -0.25) is 4.79 Å². The van der Waals surface area contributed by atoms with E-state index in [1.165, 1.54) is 5.56 Å². The van der Waals surface area contributed by atoms with E-state index < -0.39 is 0 Å². The van der Waals surface area contributed by atoms with Crippen LogP contribution in [0.3, 0.4) is 0 Å². The lowest BCUT2D eigenvalue weighted by Crippen LogP contribution is -2.27. The molecule has 5 heteroatoms. The van der Waals surface area contributed by atoms with Crippen LogP contribution in [-0.2, 0) is 17.8 Å². The monoisotopic (exact) mass is 321 g/mol. The highest BCUT2D eigenvalue weighted by molar-refractivity contribution is 5.78. The summed E-state index contributed by atoms with van der Waals surface area (Å²) in [5, 5.41) is 8.09. The number of nitrogens with zero attached hydrogens (tertiary/aromatic N) is 3. The van der Waals surface area contributed by atoms with E-state index in [0.29, 0.717) is 24.7 Å². The molecule has 24 heavy (non-hydrogen) atoms. The van der Waals surface area contributed by atoms with E-state index in [-0.39, 0.29) is 5.91 Å². The summed E-state index contributed by atoms with van der Waals surface area (Å²) in [5.74, 6) is 0.902.